The summed E-state index contributed by atoms with van der Waals surface area (Å²) in [4.78, 5) is 27.3. The van der Waals surface area contributed by atoms with Gasteiger partial charge in [-0.15, -0.1) is 0 Å². The maximum Gasteiger partial charge on any atom is 0.252 e. The van der Waals surface area contributed by atoms with Crippen molar-refractivity contribution in [3.63, 3.8) is 0 Å². The number of carbonyl (C=O) groups is 2. The van der Waals surface area contributed by atoms with Gasteiger partial charge >= 0.3 is 0 Å². The van der Waals surface area contributed by atoms with E-state index in [1.807, 2.05) is 54.3 Å². The van der Waals surface area contributed by atoms with Crippen LogP contribution < -0.4 is 5.32 Å². The number of nitrogens with zero attached hydrogens (tertiary/aromatic N) is 1. The molecule has 1 atom stereocenters. The zero-order chi connectivity index (χ0) is 16.9. The molecule has 0 aliphatic carbocycles. The van der Waals surface area contributed by atoms with Gasteiger partial charge in [-0.25, -0.2) is 0 Å². The van der Waals surface area contributed by atoms with Crippen LogP contribution in [0.1, 0.15) is 40.4 Å². The molecule has 1 saturated heterocycles. The Morgan fingerprint density at radius 2 is 1.58 bits per heavy atom. The first kappa shape index (κ1) is 16.2. The maximum absolute atomic E-state index is 12.9. The molecule has 1 fully saturated rings. The summed E-state index contributed by atoms with van der Waals surface area (Å²) in [6.07, 6.45) is 2.05. The van der Waals surface area contributed by atoms with Gasteiger partial charge in [0, 0.05) is 18.7 Å². The molecule has 3 rings (SSSR count). The predicted octanol–water partition coefficient (Wildman–Crippen LogP) is 3.09. The van der Waals surface area contributed by atoms with Crippen molar-refractivity contribution in [2.75, 3.05) is 13.1 Å². The van der Waals surface area contributed by atoms with Gasteiger partial charge in [0.05, 0.1) is 0 Å². The van der Waals surface area contributed by atoms with Crippen LogP contribution in [-0.4, -0.2) is 29.8 Å². The van der Waals surface area contributed by atoms with Gasteiger partial charge in [-0.05, 0) is 37.5 Å². The van der Waals surface area contributed by atoms with Crippen LogP contribution in [0.15, 0.2) is 54.6 Å². The Hall–Kier alpha value is -2.62. The van der Waals surface area contributed by atoms with Gasteiger partial charge in [0.2, 0.25) is 5.91 Å². The molecule has 4 nitrogen and oxygen atoms in total. The number of nitrogens with one attached hydrogen (secondary N) is 1. The topological polar surface area (TPSA) is 49.4 Å². The van der Waals surface area contributed by atoms with Crippen LogP contribution in [0.3, 0.4) is 0 Å². The molecule has 1 aliphatic rings. The van der Waals surface area contributed by atoms with E-state index in [2.05, 4.69) is 5.32 Å². The van der Waals surface area contributed by atoms with Crippen LogP contribution in [0.2, 0.25) is 0 Å². The van der Waals surface area contributed by atoms with Gasteiger partial charge < -0.3 is 10.2 Å². The normalized spacial score (nSPS) is 15.1. The molecule has 0 spiro atoms. The fourth-order valence-corrected chi connectivity index (χ4v) is 2.97. The number of hydrogen-bond donors (Lipinski definition) is 1. The highest BCUT2D eigenvalue weighted by molar-refractivity contribution is 5.97. The summed E-state index contributed by atoms with van der Waals surface area (Å²) in [5.74, 6) is -0.254. The van der Waals surface area contributed by atoms with Crippen molar-refractivity contribution in [1.82, 2.24) is 10.2 Å². The van der Waals surface area contributed by atoms with Crippen molar-refractivity contribution in [3.05, 3.63) is 71.3 Å². The highest BCUT2D eigenvalue weighted by Gasteiger charge is 2.29. The number of carbonyl (C=O) groups excluding carboxylic acids is 2. The van der Waals surface area contributed by atoms with E-state index in [1.165, 1.54) is 0 Å². The molecule has 0 saturated carbocycles. The summed E-state index contributed by atoms with van der Waals surface area (Å²) >= 11 is 0. The van der Waals surface area contributed by atoms with Gasteiger partial charge in [0.15, 0.2) is 0 Å². The molecular formula is C20H22N2O2. The van der Waals surface area contributed by atoms with E-state index in [1.54, 1.807) is 12.1 Å². The Labute approximate surface area is 142 Å². The van der Waals surface area contributed by atoms with Crippen molar-refractivity contribution in [2.24, 2.45) is 0 Å². The molecule has 1 N–H and O–H groups in total. The predicted molar refractivity (Wildman–Crippen MR) is 93.6 cm³/mol. The number of aryl methyl sites for hydroxylation is 1. The van der Waals surface area contributed by atoms with Gasteiger partial charge in [-0.2, -0.15) is 0 Å². The smallest absolute Gasteiger partial charge is 0.252 e. The van der Waals surface area contributed by atoms with Crippen LogP contribution in [0.5, 0.6) is 0 Å². The number of hydrogen-bond acceptors (Lipinski definition) is 2. The Kier molecular flexibility index (Phi) is 4.94. The molecule has 0 bridgehead atoms. The van der Waals surface area contributed by atoms with Crippen LogP contribution in [0, 0.1) is 6.92 Å². The van der Waals surface area contributed by atoms with Crippen LogP contribution in [0.25, 0.3) is 0 Å². The highest BCUT2D eigenvalue weighted by atomic mass is 16.2. The number of likely N-dealkylation sites (tertiary alicyclic amines) is 1. The van der Waals surface area contributed by atoms with E-state index in [0.717, 1.165) is 37.1 Å². The van der Waals surface area contributed by atoms with Crippen molar-refractivity contribution in [2.45, 2.75) is 25.8 Å². The van der Waals surface area contributed by atoms with E-state index < -0.39 is 6.04 Å². The third kappa shape index (κ3) is 3.65. The van der Waals surface area contributed by atoms with Crippen molar-refractivity contribution in [1.29, 1.82) is 0 Å². The summed E-state index contributed by atoms with van der Waals surface area (Å²) < 4.78 is 0. The zero-order valence-corrected chi connectivity index (χ0v) is 13.9. The van der Waals surface area contributed by atoms with Crippen LogP contribution in [0.4, 0.5) is 0 Å². The van der Waals surface area contributed by atoms with Crippen molar-refractivity contribution < 1.29 is 9.59 Å². The zero-order valence-electron chi connectivity index (χ0n) is 13.9. The minimum Gasteiger partial charge on any atom is -0.341 e. The minimum atomic E-state index is -0.641. The lowest BCUT2D eigenvalue weighted by Crippen LogP contribution is -2.41. The Bertz CT molecular complexity index is 704. The average molecular weight is 322 g/mol. The first-order valence-electron chi connectivity index (χ1n) is 8.36. The maximum atomic E-state index is 12.9. The number of benzene rings is 2. The summed E-state index contributed by atoms with van der Waals surface area (Å²) in [5, 5.41) is 2.92. The number of rotatable bonds is 4. The van der Waals surface area contributed by atoms with Gasteiger partial charge in [0.1, 0.15) is 6.04 Å². The van der Waals surface area contributed by atoms with Crippen LogP contribution in [-0.2, 0) is 4.79 Å². The summed E-state index contributed by atoms with van der Waals surface area (Å²) in [6.45, 7) is 3.51. The third-order valence-electron chi connectivity index (χ3n) is 4.39. The van der Waals surface area contributed by atoms with Gasteiger partial charge in [-0.1, -0.05) is 48.0 Å². The molecule has 1 heterocycles. The molecule has 2 aromatic rings. The molecule has 0 unspecified atom stereocenters. The Morgan fingerprint density at radius 1 is 0.958 bits per heavy atom. The third-order valence-corrected chi connectivity index (χ3v) is 4.39. The standard InChI is InChI=1S/C20H22N2O2/c1-15-9-11-17(12-10-15)19(23)21-18(16-7-3-2-4-8-16)20(24)22-13-5-6-14-22/h2-4,7-12,18H,5-6,13-14H2,1H3,(H,21,23)/t18-/m0/s1. The molecule has 124 valence electrons. The monoisotopic (exact) mass is 322 g/mol. The molecule has 0 radical (unpaired) electrons. The van der Waals surface area contributed by atoms with Crippen molar-refractivity contribution >= 4 is 11.8 Å². The second-order valence-electron chi connectivity index (χ2n) is 6.22. The van der Waals surface area contributed by atoms with E-state index in [0.29, 0.717) is 5.56 Å². The second-order valence-corrected chi connectivity index (χ2v) is 6.22. The average Bonchev–Trinajstić information content (AvgIpc) is 3.15. The van der Waals surface area contributed by atoms with E-state index >= 15 is 0 Å². The van der Waals surface area contributed by atoms with E-state index in [4.69, 9.17) is 0 Å². The molecule has 24 heavy (non-hydrogen) atoms. The van der Waals surface area contributed by atoms with E-state index in [9.17, 15) is 9.59 Å². The molecule has 4 heteroatoms. The van der Waals surface area contributed by atoms with Crippen LogP contribution >= 0.6 is 0 Å². The summed E-state index contributed by atoms with van der Waals surface area (Å²) in [7, 11) is 0. The summed E-state index contributed by atoms with van der Waals surface area (Å²) in [6, 6.07) is 16.2. The lowest BCUT2D eigenvalue weighted by molar-refractivity contribution is -0.132. The fourth-order valence-electron chi connectivity index (χ4n) is 2.97. The first-order chi connectivity index (χ1) is 11.6. The quantitative estimate of drug-likeness (QED) is 0.940. The minimum absolute atomic E-state index is 0.0286. The molecule has 2 aromatic carbocycles. The lowest BCUT2D eigenvalue weighted by atomic mass is 10.0. The first-order valence-corrected chi connectivity index (χ1v) is 8.36. The van der Waals surface area contributed by atoms with Gasteiger partial charge in [0.25, 0.3) is 5.91 Å². The Balaban J connectivity index is 1.83. The lowest BCUT2D eigenvalue weighted by Gasteiger charge is -2.24. The molecule has 1 aliphatic heterocycles. The number of amides is 2. The van der Waals surface area contributed by atoms with Crippen molar-refractivity contribution in [3.8, 4) is 0 Å². The van der Waals surface area contributed by atoms with E-state index in [-0.39, 0.29) is 11.8 Å². The highest BCUT2D eigenvalue weighted by Crippen LogP contribution is 2.20. The second kappa shape index (κ2) is 7.30. The van der Waals surface area contributed by atoms with Gasteiger partial charge in [-0.3, -0.25) is 9.59 Å². The Morgan fingerprint density at radius 3 is 2.21 bits per heavy atom. The summed E-state index contributed by atoms with van der Waals surface area (Å²) in [5.41, 5.74) is 2.48. The fraction of sp³-hybridized carbons (Fsp3) is 0.300. The molecule has 2 amide bonds. The SMILES string of the molecule is Cc1ccc(C(=O)N[C@H](C(=O)N2CCCC2)c2ccccc2)cc1. The molecule has 0 aromatic heterocycles. The molecular weight excluding hydrogens is 300 g/mol. The largest absolute Gasteiger partial charge is 0.341 e.